The van der Waals surface area contributed by atoms with Crippen LogP contribution in [0.25, 0.3) is 0 Å². The molecule has 1 amide bonds. The Morgan fingerprint density at radius 3 is 2.69 bits per heavy atom. The normalized spacial score (nSPS) is 11.9. The molecule has 0 aromatic carbocycles. The zero-order valence-corrected chi connectivity index (χ0v) is 8.67. The molecule has 6 nitrogen and oxygen atoms in total. The SMILES string of the molecule is Cc1cncc(C(=O)N[C@@H](CO)C(=O)O)c1. The molecule has 0 bridgehead atoms. The van der Waals surface area contributed by atoms with E-state index < -0.39 is 24.5 Å². The molecule has 0 saturated heterocycles. The quantitative estimate of drug-likeness (QED) is 0.644. The predicted octanol–water partition coefficient (Wildman–Crippen LogP) is -0.435. The van der Waals surface area contributed by atoms with Crippen molar-refractivity contribution in [3.05, 3.63) is 29.6 Å². The molecule has 1 atom stereocenters. The molecule has 0 saturated carbocycles. The van der Waals surface area contributed by atoms with Crippen molar-refractivity contribution in [3.63, 3.8) is 0 Å². The van der Waals surface area contributed by atoms with Gasteiger partial charge in [-0.3, -0.25) is 9.78 Å². The minimum absolute atomic E-state index is 0.264. The lowest BCUT2D eigenvalue weighted by Gasteiger charge is -2.11. The van der Waals surface area contributed by atoms with Crippen molar-refractivity contribution in [3.8, 4) is 0 Å². The number of aliphatic carboxylic acids is 1. The summed E-state index contributed by atoms with van der Waals surface area (Å²) in [4.78, 5) is 25.9. The van der Waals surface area contributed by atoms with Gasteiger partial charge in [0.25, 0.3) is 5.91 Å². The second kappa shape index (κ2) is 5.22. The van der Waals surface area contributed by atoms with Gasteiger partial charge in [-0.2, -0.15) is 0 Å². The molecule has 1 aromatic heterocycles. The van der Waals surface area contributed by atoms with Gasteiger partial charge in [0, 0.05) is 12.4 Å². The number of aromatic nitrogens is 1. The fourth-order valence-electron chi connectivity index (χ4n) is 1.11. The summed E-state index contributed by atoms with van der Waals surface area (Å²) in [5, 5.41) is 19.6. The van der Waals surface area contributed by atoms with Gasteiger partial charge in [0.15, 0.2) is 6.04 Å². The van der Waals surface area contributed by atoms with Crippen molar-refractivity contribution in [2.24, 2.45) is 0 Å². The molecule has 3 N–H and O–H groups in total. The number of nitrogens with zero attached hydrogens (tertiary/aromatic N) is 1. The van der Waals surface area contributed by atoms with Crippen LogP contribution in [0.1, 0.15) is 15.9 Å². The molecule has 1 rings (SSSR count). The number of amides is 1. The number of aryl methyl sites for hydroxylation is 1. The molecule has 86 valence electrons. The number of carbonyl (C=O) groups is 2. The van der Waals surface area contributed by atoms with Crippen molar-refractivity contribution in [2.75, 3.05) is 6.61 Å². The van der Waals surface area contributed by atoms with Crippen LogP contribution in [-0.4, -0.2) is 39.7 Å². The average molecular weight is 224 g/mol. The molecular weight excluding hydrogens is 212 g/mol. The Hall–Kier alpha value is -1.95. The molecule has 0 aliphatic rings. The molecule has 16 heavy (non-hydrogen) atoms. The average Bonchev–Trinajstić information content (AvgIpc) is 2.25. The zero-order valence-electron chi connectivity index (χ0n) is 8.67. The number of aliphatic hydroxyl groups is 1. The minimum atomic E-state index is -1.30. The molecule has 6 heteroatoms. The summed E-state index contributed by atoms with van der Waals surface area (Å²) in [6, 6.07) is 0.284. The summed E-state index contributed by atoms with van der Waals surface area (Å²) in [7, 11) is 0. The highest BCUT2D eigenvalue weighted by Crippen LogP contribution is 2.01. The number of nitrogens with one attached hydrogen (secondary N) is 1. The number of rotatable bonds is 4. The summed E-state index contributed by atoms with van der Waals surface area (Å²) in [6.07, 6.45) is 2.91. The van der Waals surface area contributed by atoms with E-state index >= 15 is 0 Å². The van der Waals surface area contributed by atoms with Crippen molar-refractivity contribution in [1.82, 2.24) is 10.3 Å². The third-order valence-electron chi connectivity index (χ3n) is 1.92. The topological polar surface area (TPSA) is 99.5 Å². The molecule has 0 unspecified atom stereocenters. The number of hydrogen-bond acceptors (Lipinski definition) is 4. The Bertz CT molecular complexity index is 406. The van der Waals surface area contributed by atoms with Crippen molar-refractivity contribution < 1.29 is 19.8 Å². The molecule has 0 spiro atoms. The van der Waals surface area contributed by atoms with E-state index in [-0.39, 0.29) is 5.56 Å². The smallest absolute Gasteiger partial charge is 0.328 e. The van der Waals surface area contributed by atoms with Gasteiger partial charge in [-0.05, 0) is 18.6 Å². The summed E-state index contributed by atoms with van der Waals surface area (Å²) < 4.78 is 0. The Morgan fingerprint density at radius 1 is 1.50 bits per heavy atom. The molecule has 1 aromatic rings. The summed E-state index contributed by atoms with van der Waals surface area (Å²) in [6.45, 7) is 1.12. The summed E-state index contributed by atoms with van der Waals surface area (Å²) >= 11 is 0. The van der Waals surface area contributed by atoms with Gasteiger partial charge in [0.05, 0.1) is 12.2 Å². The number of pyridine rings is 1. The third kappa shape index (κ3) is 3.03. The highest BCUT2D eigenvalue weighted by molar-refractivity contribution is 5.96. The maximum atomic E-state index is 11.5. The second-order valence-electron chi connectivity index (χ2n) is 3.30. The Kier molecular flexibility index (Phi) is 3.96. The highest BCUT2D eigenvalue weighted by Gasteiger charge is 2.19. The number of carbonyl (C=O) groups excluding carboxylic acids is 1. The summed E-state index contributed by atoms with van der Waals surface area (Å²) in [5.41, 5.74) is 1.06. The lowest BCUT2D eigenvalue weighted by molar-refractivity contribution is -0.140. The standard InChI is InChI=1S/C10H12N2O4/c1-6-2-7(4-11-3-6)9(14)12-8(5-13)10(15)16/h2-4,8,13H,5H2,1H3,(H,12,14)(H,15,16)/t8-/m0/s1. The number of carboxylic acid groups (broad SMARTS) is 1. The van der Waals surface area contributed by atoms with Crippen LogP contribution in [-0.2, 0) is 4.79 Å². The first-order valence-corrected chi connectivity index (χ1v) is 4.60. The van der Waals surface area contributed by atoms with Gasteiger partial charge in [-0.1, -0.05) is 0 Å². The Balaban J connectivity index is 2.75. The Morgan fingerprint density at radius 2 is 2.19 bits per heavy atom. The van der Waals surface area contributed by atoms with Gasteiger partial charge in [-0.15, -0.1) is 0 Å². The first-order valence-electron chi connectivity index (χ1n) is 4.60. The van der Waals surface area contributed by atoms with Gasteiger partial charge in [0.2, 0.25) is 0 Å². The molecular formula is C10H12N2O4. The first kappa shape index (κ1) is 12.1. The van der Waals surface area contributed by atoms with Crippen LogP contribution in [0.3, 0.4) is 0 Å². The zero-order chi connectivity index (χ0) is 12.1. The largest absolute Gasteiger partial charge is 0.480 e. The van der Waals surface area contributed by atoms with E-state index in [2.05, 4.69) is 10.3 Å². The maximum absolute atomic E-state index is 11.5. The highest BCUT2D eigenvalue weighted by atomic mass is 16.4. The molecule has 1 heterocycles. The molecule has 0 aliphatic heterocycles. The molecule has 0 aliphatic carbocycles. The second-order valence-corrected chi connectivity index (χ2v) is 3.30. The van der Waals surface area contributed by atoms with Gasteiger partial charge in [-0.25, -0.2) is 4.79 Å². The fourth-order valence-corrected chi connectivity index (χ4v) is 1.11. The monoisotopic (exact) mass is 224 g/mol. The van der Waals surface area contributed by atoms with Crippen LogP contribution in [0.4, 0.5) is 0 Å². The number of carboxylic acids is 1. The summed E-state index contributed by atoms with van der Waals surface area (Å²) in [5.74, 6) is -1.85. The van der Waals surface area contributed by atoms with Crippen molar-refractivity contribution in [2.45, 2.75) is 13.0 Å². The molecule has 0 fully saturated rings. The van der Waals surface area contributed by atoms with Crippen LogP contribution in [0.15, 0.2) is 18.5 Å². The predicted molar refractivity (Wildman–Crippen MR) is 54.9 cm³/mol. The van der Waals surface area contributed by atoms with Crippen molar-refractivity contribution in [1.29, 1.82) is 0 Å². The van der Waals surface area contributed by atoms with Crippen LogP contribution < -0.4 is 5.32 Å². The van der Waals surface area contributed by atoms with E-state index in [9.17, 15) is 9.59 Å². The third-order valence-corrected chi connectivity index (χ3v) is 1.92. The minimum Gasteiger partial charge on any atom is -0.480 e. The van der Waals surface area contributed by atoms with E-state index in [0.29, 0.717) is 0 Å². The lowest BCUT2D eigenvalue weighted by Crippen LogP contribution is -2.43. The number of aliphatic hydroxyl groups excluding tert-OH is 1. The maximum Gasteiger partial charge on any atom is 0.328 e. The van der Waals surface area contributed by atoms with E-state index in [4.69, 9.17) is 10.2 Å². The van der Waals surface area contributed by atoms with E-state index in [1.54, 1.807) is 19.2 Å². The number of hydrogen-bond donors (Lipinski definition) is 3. The van der Waals surface area contributed by atoms with E-state index in [1.807, 2.05) is 0 Å². The van der Waals surface area contributed by atoms with Gasteiger partial charge < -0.3 is 15.5 Å². The molecule has 0 radical (unpaired) electrons. The van der Waals surface area contributed by atoms with Crippen LogP contribution in [0.5, 0.6) is 0 Å². The van der Waals surface area contributed by atoms with Crippen LogP contribution >= 0.6 is 0 Å². The van der Waals surface area contributed by atoms with E-state index in [1.165, 1.54) is 6.20 Å². The van der Waals surface area contributed by atoms with Gasteiger partial charge in [0.1, 0.15) is 0 Å². The first-order chi connectivity index (χ1) is 7.54. The van der Waals surface area contributed by atoms with Gasteiger partial charge >= 0.3 is 5.97 Å². The fraction of sp³-hybridized carbons (Fsp3) is 0.300. The van der Waals surface area contributed by atoms with Crippen LogP contribution in [0, 0.1) is 6.92 Å². The lowest BCUT2D eigenvalue weighted by atomic mass is 10.2. The van der Waals surface area contributed by atoms with Crippen LogP contribution in [0.2, 0.25) is 0 Å². The van der Waals surface area contributed by atoms with E-state index in [0.717, 1.165) is 5.56 Å². The van der Waals surface area contributed by atoms with Crippen molar-refractivity contribution >= 4 is 11.9 Å². The Labute approximate surface area is 91.9 Å².